The minimum absolute atomic E-state index is 0.0698. The smallest absolute Gasteiger partial charge is 0.258 e. The molecule has 1 aromatic rings. The van der Waals surface area contributed by atoms with Crippen LogP contribution in [-0.4, -0.2) is 4.92 Å². The lowest BCUT2D eigenvalue weighted by Gasteiger charge is -2.00. The van der Waals surface area contributed by atoms with E-state index in [-0.39, 0.29) is 5.69 Å². The summed E-state index contributed by atoms with van der Waals surface area (Å²) < 4.78 is 0.831. The normalized spacial score (nSPS) is 9.92. The van der Waals surface area contributed by atoms with Crippen LogP contribution in [0.5, 0.6) is 0 Å². The van der Waals surface area contributed by atoms with Gasteiger partial charge in [-0.05, 0) is 35.6 Å². The fourth-order valence-electron chi connectivity index (χ4n) is 0.840. The first-order valence-electron chi connectivity index (χ1n) is 3.13. The van der Waals surface area contributed by atoms with Crippen LogP contribution in [0.1, 0.15) is 5.56 Å². The van der Waals surface area contributed by atoms with Crippen LogP contribution < -0.4 is 0 Å². The summed E-state index contributed by atoms with van der Waals surface area (Å²) in [5.74, 6) is 0. The first kappa shape index (κ1) is 9.73. The molecule has 12 heavy (non-hydrogen) atoms. The minimum atomic E-state index is -0.433. The fraction of sp³-hybridized carbons (Fsp3) is 0.143. The molecule has 0 spiro atoms. The largest absolute Gasteiger partial charge is 0.273 e. The van der Waals surface area contributed by atoms with E-state index in [1.165, 1.54) is 6.07 Å². The van der Waals surface area contributed by atoms with Gasteiger partial charge in [-0.3, -0.25) is 10.1 Å². The lowest BCUT2D eigenvalue weighted by molar-refractivity contribution is -0.385. The summed E-state index contributed by atoms with van der Waals surface area (Å²) in [4.78, 5) is 10.00. The monoisotopic (exact) mass is 297 g/mol. The maximum Gasteiger partial charge on any atom is 0.273 e. The molecule has 0 heterocycles. The highest BCUT2D eigenvalue weighted by atomic mass is 127. The van der Waals surface area contributed by atoms with E-state index in [1.807, 2.05) is 22.6 Å². The zero-order chi connectivity index (χ0) is 9.30. The highest BCUT2D eigenvalue weighted by molar-refractivity contribution is 14.1. The Morgan fingerprint density at radius 2 is 2.17 bits per heavy atom. The van der Waals surface area contributed by atoms with Gasteiger partial charge in [-0.25, -0.2) is 0 Å². The third-order valence-electron chi connectivity index (χ3n) is 1.51. The number of rotatable bonds is 1. The first-order valence-corrected chi connectivity index (χ1v) is 4.58. The van der Waals surface area contributed by atoms with E-state index < -0.39 is 4.92 Å². The van der Waals surface area contributed by atoms with Gasteiger partial charge < -0.3 is 0 Å². The van der Waals surface area contributed by atoms with Gasteiger partial charge in [-0.2, -0.15) is 0 Å². The highest BCUT2D eigenvalue weighted by Crippen LogP contribution is 2.29. The maximum absolute atomic E-state index is 10.4. The maximum atomic E-state index is 10.4. The van der Waals surface area contributed by atoms with Gasteiger partial charge in [-0.15, -0.1) is 0 Å². The molecule has 64 valence electrons. The molecule has 0 amide bonds. The zero-order valence-corrected chi connectivity index (χ0v) is 9.09. The van der Waals surface area contributed by atoms with Gasteiger partial charge in [0.05, 0.1) is 9.95 Å². The lowest BCUT2D eigenvalue weighted by Crippen LogP contribution is -1.92. The van der Waals surface area contributed by atoms with Crippen molar-refractivity contribution in [2.75, 3.05) is 0 Å². The van der Waals surface area contributed by atoms with Crippen molar-refractivity contribution in [2.45, 2.75) is 6.92 Å². The Labute approximate surface area is 88.0 Å². The summed E-state index contributed by atoms with van der Waals surface area (Å²) in [7, 11) is 0. The number of nitro groups is 1. The molecule has 0 radical (unpaired) electrons. The predicted molar refractivity (Wildman–Crippen MR) is 55.6 cm³/mol. The van der Waals surface area contributed by atoms with Gasteiger partial charge in [0.2, 0.25) is 0 Å². The van der Waals surface area contributed by atoms with Crippen LogP contribution in [0.15, 0.2) is 12.1 Å². The van der Waals surface area contributed by atoms with E-state index in [0.29, 0.717) is 10.6 Å². The van der Waals surface area contributed by atoms with Crippen molar-refractivity contribution in [2.24, 2.45) is 0 Å². The molecule has 0 bridgehead atoms. The Morgan fingerprint density at radius 3 is 2.67 bits per heavy atom. The summed E-state index contributed by atoms with van der Waals surface area (Å²) in [6.07, 6.45) is 0. The number of benzene rings is 1. The van der Waals surface area contributed by atoms with Gasteiger partial charge >= 0.3 is 0 Å². The third kappa shape index (κ3) is 1.69. The quantitative estimate of drug-likeness (QED) is 0.454. The van der Waals surface area contributed by atoms with E-state index >= 15 is 0 Å². The summed E-state index contributed by atoms with van der Waals surface area (Å²) in [5, 5.41) is 10.9. The van der Waals surface area contributed by atoms with E-state index in [2.05, 4.69) is 0 Å². The minimum Gasteiger partial charge on any atom is -0.258 e. The number of nitro benzene ring substituents is 1. The predicted octanol–water partition coefficient (Wildman–Crippen LogP) is 3.16. The van der Waals surface area contributed by atoms with Crippen molar-refractivity contribution in [1.29, 1.82) is 0 Å². The van der Waals surface area contributed by atoms with Crippen molar-refractivity contribution >= 4 is 39.9 Å². The van der Waals surface area contributed by atoms with Gasteiger partial charge in [0, 0.05) is 15.2 Å². The second kappa shape index (κ2) is 3.57. The van der Waals surface area contributed by atoms with Crippen molar-refractivity contribution in [3.05, 3.63) is 36.4 Å². The van der Waals surface area contributed by atoms with Crippen LogP contribution in [-0.2, 0) is 0 Å². The molecule has 1 aromatic carbocycles. The van der Waals surface area contributed by atoms with E-state index in [4.69, 9.17) is 11.6 Å². The first-order chi connectivity index (χ1) is 5.54. The number of hydrogen-bond donors (Lipinski definition) is 0. The molecule has 0 saturated carbocycles. The molecule has 0 aromatic heterocycles. The molecular weight excluding hydrogens is 292 g/mol. The second-order valence-corrected chi connectivity index (χ2v) is 3.80. The van der Waals surface area contributed by atoms with Gasteiger partial charge in [-0.1, -0.05) is 11.6 Å². The molecule has 0 aliphatic heterocycles. The Balaban J connectivity index is 3.36. The molecule has 0 fully saturated rings. The summed E-state index contributed by atoms with van der Waals surface area (Å²) in [5.41, 5.74) is 0.592. The Bertz CT molecular complexity index is 340. The standard InChI is InChI=1S/C7H5ClINO2/c1-4-6(10(11)12)3-2-5(9)7(4)8/h2-3H,1H3. The SMILES string of the molecule is Cc1c([N+](=O)[O-])ccc(I)c1Cl. The molecule has 0 saturated heterocycles. The molecule has 0 unspecified atom stereocenters. The molecule has 0 atom stereocenters. The van der Waals surface area contributed by atoms with Gasteiger partial charge in [0.25, 0.3) is 5.69 Å². The molecule has 0 aliphatic rings. The van der Waals surface area contributed by atoms with Gasteiger partial charge in [0.15, 0.2) is 0 Å². The topological polar surface area (TPSA) is 43.1 Å². The molecule has 0 aliphatic carbocycles. The molecule has 3 nitrogen and oxygen atoms in total. The summed E-state index contributed by atoms with van der Waals surface area (Å²) >= 11 is 7.85. The Morgan fingerprint density at radius 1 is 1.58 bits per heavy atom. The fourth-order valence-corrected chi connectivity index (χ4v) is 1.58. The van der Waals surface area contributed by atoms with E-state index in [0.717, 1.165) is 3.57 Å². The second-order valence-electron chi connectivity index (χ2n) is 2.26. The van der Waals surface area contributed by atoms with Crippen LogP contribution in [0.2, 0.25) is 5.02 Å². The van der Waals surface area contributed by atoms with Crippen molar-refractivity contribution in [1.82, 2.24) is 0 Å². The average molecular weight is 297 g/mol. The van der Waals surface area contributed by atoms with Crippen LogP contribution in [0, 0.1) is 20.6 Å². The zero-order valence-electron chi connectivity index (χ0n) is 6.17. The Kier molecular flexibility index (Phi) is 2.89. The van der Waals surface area contributed by atoms with Crippen molar-refractivity contribution in [3.8, 4) is 0 Å². The Hall–Kier alpha value is -0.360. The van der Waals surface area contributed by atoms with Crippen LogP contribution in [0.4, 0.5) is 5.69 Å². The van der Waals surface area contributed by atoms with E-state index in [1.54, 1.807) is 13.0 Å². The van der Waals surface area contributed by atoms with Crippen molar-refractivity contribution < 1.29 is 4.92 Å². The molecule has 0 N–H and O–H groups in total. The summed E-state index contributed by atoms with van der Waals surface area (Å²) in [6, 6.07) is 3.09. The number of nitrogens with zero attached hydrogens (tertiary/aromatic N) is 1. The van der Waals surface area contributed by atoms with Gasteiger partial charge in [0.1, 0.15) is 0 Å². The van der Waals surface area contributed by atoms with Crippen LogP contribution in [0.3, 0.4) is 0 Å². The highest BCUT2D eigenvalue weighted by Gasteiger charge is 2.14. The molecular formula is C7H5ClINO2. The molecule has 5 heteroatoms. The summed E-state index contributed by atoms with van der Waals surface area (Å²) in [6.45, 7) is 1.64. The number of halogens is 2. The molecule has 1 rings (SSSR count). The van der Waals surface area contributed by atoms with Crippen LogP contribution in [0.25, 0.3) is 0 Å². The number of hydrogen-bond acceptors (Lipinski definition) is 2. The average Bonchev–Trinajstić information content (AvgIpc) is 2.00. The van der Waals surface area contributed by atoms with Crippen molar-refractivity contribution in [3.63, 3.8) is 0 Å². The van der Waals surface area contributed by atoms with E-state index in [9.17, 15) is 10.1 Å². The third-order valence-corrected chi connectivity index (χ3v) is 3.21. The van der Waals surface area contributed by atoms with Crippen LogP contribution >= 0.6 is 34.2 Å². The lowest BCUT2D eigenvalue weighted by atomic mass is 10.2.